The molecule has 0 amide bonds. The van der Waals surface area contributed by atoms with Crippen molar-refractivity contribution >= 4 is 0 Å². The Morgan fingerprint density at radius 3 is 2.64 bits per heavy atom. The van der Waals surface area contributed by atoms with Crippen molar-refractivity contribution in [1.82, 2.24) is 10.6 Å². The van der Waals surface area contributed by atoms with Crippen molar-refractivity contribution in [3.8, 4) is 0 Å². The van der Waals surface area contributed by atoms with Crippen LogP contribution >= 0.6 is 0 Å². The Morgan fingerprint density at radius 2 is 2.00 bits per heavy atom. The highest BCUT2D eigenvalue weighted by molar-refractivity contribution is 5.17. The molecule has 1 saturated heterocycles. The van der Waals surface area contributed by atoms with Gasteiger partial charge in [-0.1, -0.05) is 12.2 Å². The van der Waals surface area contributed by atoms with Crippen LogP contribution in [0.25, 0.3) is 0 Å². The third-order valence-electron chi connectivity index (χ3n) is 2.47. The Morgan fingerprint density at radius 1 is 1.18 bits per heavy atom. The van der Waals surface area contributed by atoms with E-state index in [2.05, 4.69) is 22.8 Å². The molecule has 0 aromatic heterocycles. The molecular formula is C9H14N2. The van der Waals surface area contributed by atoms with Gasteiger partial charge in [0.05, 0.1) is 0 Å². The molecule has 2 aliphatic heterocycles. The highest BCUT2D eigenvalue weighted by Gasteiger charge is 2.26. The molecule has 2 heteroatoms. The summed E-state index contributed by atoms with van der Waals surface area (Å²) in [5.74, 6) is 0. The minimum absolute atomic E-state index is 0.323. The van der Waals surface area contributed by atoms with E-state index < -0.39 is 0 Å². The fourth-order valence-corrected chi connectivity index (χ4v) is 1.78. The second-order valence-electron chi connectivity index (χ2n) is 3.35. The summed E-state index contributed by atoms with van der Waals surface area (Å²) in [5.41, 5.74) is 0.323. The van der Waals surface area contributed by atoms with Gasteiger partial charge in [0.1, 0.15) is 0 Å². The molecule has 2 rings (SSSR count). The number of nitrogens with one attached hydrogen (secondary N) is 2. The summed E-state index contributed by atoms with van der Waals surface area (Å²) in [6.07, 6.45) is 11.2. The maximum Gasteiger partial charge on any atom is 0.0221 e. The molecule has 2 aliphatic rings. The van der Waals surface area contributed by atoms with Gasteiger partial charge in [-0.25, -0.2) is 0 Å². The first-order valence-corrected chi connectivity index (χ1v) is 4.24. The summed E-state index contributed by atoms with van der Waals surface area (Å²) in [7, 11) is 0. The summed E-state index contributed by atoms with van der Waals surface area (Å²) >= 11 is 0. The van der Waals surface area contributed by atoms with E-state index in [1.54, 1.807) is 0 Å². The van der Waals surface area contributed by atoms with E-state index in [4.69, 9.17) is 0 Å². The number of rotatable bonds is 0. The average Bonchev–Trinajstić information content (AvgIpc) is 2.07. The fraction of sp³-hybridized carbons (Fsp3) is 0.556. The normalized spacial score (nSPS) is 26.9. The van der Waals surface area contributed by atoms with Gasteiger partial charge in [0.25, 0.3) is 0 Å². The lowest BCUT2D eigenvalue weighted by Gasteiger charge is -2.33. The van der Waals surface area contributed by atoms with Crippen LogP contribution in [0.1, 0.15) is 12.8 Å². The van der Waals surface area contributed by atoms with E-state index in [1.165, 1.54) is 19.4 Å². The molecule has 2 N–H and O–H groups in total. The van der Waals surface area contributed by atoms with Crippen LogP contribution in [0.4, 0.5) is 0 Å². The molecule has 1 fully saturated rings. The number of piperidine rings is 1. The summed E-state index contributed by atoms with van der Waals surface area (Å²) in [4.78, 5) is 0. The third-order valence-corrected chi connectivity index (χ3v) is 2.47. The molecule has 0 unspecified atom stereocenters. The van der Waals surface area contributed by atoms with E-state index in [0.29, 0.717) is 5.41 Å². The van der Waals surface area contributed by atoms with Gasteiger partial charge >= 0.3 is 0 Å². The molecule has 0 aromatic rings. The molecule has 0 aromatic carbocycles. The Balaban J connectivity index is 2.12. The van der Waals surface area contributed by atoms with Crippen molar-refractivity contribution in [2.45, 2.75) is 12.8 Å². The Labute approximate surface area is 67.4 Å². The van der Waals surface area contributed by atoms with Crippen molar-refractivity contribution in [3.63, 3.8) is 0 Å². The second kappa shape index (κ2) is 2.70. The van der Waals surface area contributed by atoms with Gasteiger partial charge in [-0.15, -0.1) is 0 Å². The topological polar surface area (TPSA) is 24.1 Å². The first-order valence-electron chi connectivity index (χ1n) is 4.24. The van der Waals surface area contributed by atoms with Crippen LogP contribution < -0.4 is 10.6 Å². The van der Waals surface area contributed by atoms with Gasteiger partial charge < -0.3 is 10.6 Å². The average molecular weight is 150 g/mol. The van der Waals surface area contributed by atoms with Crippen molar-refractivity contribution in [3.05, 3.63) is 24.6 Å². The zero-order chi connectivity index (χ0) is 7.57. The van der Waals surface area contributed by atoms with Crippen LogP contribution in [0.3, 0.4) is 0 Å². The molecule has 0 bridgehead atoms. The molecule has 11 heavy (non-hydrogen) atoms. The SMILES string of the molecule is C1=CC2(C=CN1)CCCNC2. The van der Waals surface area contributed by atoms with Crippen LogP contribution in [0, 0.1) is 5.41 Å². The molecule has 60 valence electrons. The molecule has 0 aliphatic carbocycles. The zero-order valence-corrected chi connectivity index (χ0v) is 6.64. The van der Waals surface area contributed by atoms with Gasteiger partial charge in [0.2, 0.25) is 0 Å². The van der Waals surface area contributed by atoms with E-state index in [0.717, 1.165) is 6.54 Å². The van der Waals surface area contributed by atoms with E-state index in [-0.39, 0.29) is 0 Å². The summed E-state index contributed by atoms with van der Waals surface area (Å²) in [6.45, 7) is 2.28. The monoisotopic (exact) mass is 150 g/mol. The molecule has 0 radical (unpaired) electrons. The second-order valence-corrected chi connectivity index (χ2v) is 3.35. The summed E-state index contributed by atoms with van der Waals surface area (Å²) in [5, 5.41) is 6.48. The minimum atomic E-state index is 0.323. The maximum atomic E-state index is 3.42. The lowest BCUT2D eigenvalue weighted by Crippen LogP contribution is -2.38. The quantitative estimate of drug-likeness (QED) is 0.538. The largest absolute Gasteiger partial charge is 0.368 e. The van der Waals surface area contributed by atoms with Gasteiger partial charge in [0, 0.05) is 12.0 Å². The lowest BCUT2D eigenvalue weighted by atomic mass is 9.80. The number of dihydropyridines is 1. The zero-order valence-electron chi connectivity index (χ0n) is 6.64. The number of hydrogen-bond acceptors (Lipinski definition) is 2. The maximum absolute atomic E-state index is 3.42. The van der Waals surface area contributed by atoms with Gasteiger partial charge in [-0.3, -0.25) is 0 Å². The molecule has 1 spiro atoms. The van der Waals surface area contributed by atoms with Crippen LogP contribution in [0.15, 0.2) is 24.6 Å². The highest BCUT2D eigenvalue weighted by atomic mass is 14.9. The molecular weight excluding hydrogens is 136 g/mol. The van der Waals surface area contributed by atoms with Crippen molar-refractivity contribution in [1.29, 1.82) is 0 Å². The van der Waals surface area contributed by atoms with Crippen molar-refractivity contribution < 1.29 is 0 Å². The van der Waals surface area contributed by atoms with E-state index >= 15 is 0 Å². The third kappa shape index (κ3) is 1.31. The highest BCUT2D eigenvalue weighted by Crippen LogP contribution is 2.30. The van der Waals surface area contributed by atoms with Crippen LogP contribution in [0.2, 0.25) is 0 Å². The predicted molar refractivity (Wildman–Crippen MR) is 46.0 cm³/mol. The molecule has 0 atom stereocenters. The van der Waals surface area contributed by atoms with Gasteiger partial charge in [0.15, 0.2) is 0 Å². The Bertz CT molecular complexity index is 174. The van der Waals surface area contributed by atoms with Crippen LogP contribution in [0.5, 0.6) is 0 Å². The fourth-order valence-electron chi connectivity index (χ4n) is 1.78. The van der Waals surface area contributed by atoms with Crippen molar-refractivity contribution in [2.24, 2.45) is 5.41 Å². The van der Waals surface area contributed by atoms with Gasteiger partial charge in [-0.2, -0.15) is 0 Å². The minimum Gasteiger partial charge on any atom is -0.368 e. The number of hydrogen-bond donors (Lipinski definition) is 2. The van der Waals surface area contributed by atoms with Gasteiger partial charge in [-0.05, 0) is 31.8 Å². The molecule has 0 saturated carbocycles. The first-order chi connectivity index (χ1) is 5.41. The molecule has 2 heterocycles. The smallest absolute Gasteiger partial charge is 0.0221 e. The molecule has 2 nitrogen and oxygen atoms in total. The lowest BCUT2D eigenvalue weighted by molar-refractivity contribution is 0.342. The van der Waals surface area contributed by atoms with E-state index in [9.17, 15) is 0 Å². The Hall–Kier alpha value is -0.760. The van der Waals surface area contributed by atoms with E-state index in [1.807, 2.05) is 12.4 Å². The van der Waals surface area contributed by atoms with Crippen molar-refractivity contribution in [2.75, 3.05) is 13.1 Å². The standard InChI is InChI=1S/C9H14N2/c1-2-9(8-11-5-1)3-6-10-7-4-9/h3-4,6-7,10-11H,1-2,5,8H2. The predicted octanol–water partition coefficient (Wildman–Crippen LogP) is 0.987. The van der Waals surface area contributed by atoms with Crippen LogP contribution in [-0.4, -0.2) is 13.1 Å². The Kier molecular flexibility index (Phi) is 1.70. The first kappa shape index (κ1) is 6.92. The summed E-state index contributed by atoms with van der Waals surface area (Å²) < 4.78 is 0. The summed E-state index contributed by atoms with van der Waals surface area (Å²) in [6, 6.07) is 0. The van der Waals surface area contributed by atoms with Crippen LogP contribution in [-0.2, 0) is 0 Å².